The van der Waals surface area contributed by atoms with Gasteiger partial charge >= 0.3 is 6.03 Å². The lowest BCUT2D eigenvalue weighted by Gasteiger charge is -2.17. The lowest BCUT2D eigenvalue weighted by molar-refractivity contribution is 0.256. The Morgan fingerprint density at radius 1 is 1.15 bits per heavy atom. The van der Waals surface area contributed by atoms with Crippen LogP contribution >= 0.6 is 11.6 Å². The molecule has 2 aromatic rings. The summed E-state index contributed by atoms with van der Waals surface area (Å²) < 4.78 is 26.3. The molecule has 0 fully saturated rings. The van der Waals surface area contributed by atoms with E-state index in [1.54, 1.807) is 32.9 Å². The molecule has 0 saturated carbocycles. The second kappa shape index (κ2) is 7.73. The lowest BCUT2D eigenvalue weighted by Crippen LogP contribution is -2.35. The topological polar surface area (TPSA) is 150 Å². The van der Waals surface area contributed by atoms with E-state index in [0.29, 0.717) is 0 Å². The Balaban J connectivity index is 2.15. The first-order valence-corrected chi connectivity index (χ1v) is 9.38. The molecule has 0 aliphatic carbocycles. The van der Waals surface area contributed by atoms with Gasteiger partial charge in [0.1, 0.15) is 5.54 Å². The predicted octanol–water partition coefficient (Wildman–Crippen LogP) is 2.06. The van der Waals surface area contributed by atoms with Crippen molar-refractivity contribution in [2.24, 2.45) is 0 Å². The SMILES string of the molecule is Cc1ccc(S(=O)(=O)NC(=O)Nc2nc(Cl)nc(NC(C)(C)C#N)n2)cc1. The van der Waals surface area contributed by atoms with Gasteiger partial charge in [-0.25, -0.2) is 17.9 Å². The maximum atomic E-state index is 12.2. The number of amides is 2. The maximum absolute atomic E-state index is 12.2. The monoisotopic (exact) mass is 409 g/mol. The highest BCUT2D eigenvalue weighted by molar-refractivity contribution is 7.90. The molecule has 3 N–H and O–H groups in total. The van der Waals surface area contributed by atoms with Crippen LogP contribution in [0.1, 0.15) is 19.4 Å². The molecular formula is C15H16ClN7O3S. The number of nitriles is 1. The molecule has 1 heterocycles. The van der Waals surface area contributed by atoms with Crippen LogP contribution in [0.25, 0.3) is 0 Å². The molecule has 0 spiro atoms. The minimum atomic E-state index is -4.07. The fourth-order valence-electron chi connectivity index (χ4n) is 1.79. The highest BCUT2D eigenvalue weighted by Crippen LogP contribution is 2.15. The molecule has 27 heavy (non-hydrogen) atoms. The second-order valence-electron chi connectivity index (χ2n) is 5.99. The van der Waals surface area contributed by atoms with Crippen molar-refractivity contribution in [3.05, 3.63) is 35.1 Å². The van der Waals surface area contributed by atoms with E-state index in [4.69, 9.17) is 16.9 Å². The van der Waals surface area contributed by atoms with Crippen molar-refractivity contribution in [1.29, 1.82) is 5.26 Å². The molecule has 0 radical (unpaired) electrons. The summed E-state index contributed by atoms with van der Waals surface area (Å²) in [5, 5.41) is 13.6. The number of sulfonamides is 1. The number of aromatic nitrogens is 3. The van der Waals surface area contributed by atoms with Crippen molar-refractivity contribution >= 4 is 39.6 Å². The first-order chi connectivity index (χ1) is 12.5. The smallest absolute Gasteiger partial charge is 0.335 e. The van der Waals surface area contributed by atoms with Gasteiger partial charge in [0, 0.05) is 0 Å². The first-order valence-electron chi connectivity index (χ1n) is 7.52. The van der Waals surface area contributed by atoms with Crippen LogP contribution in [0.15, 0.2) is 29.2 Å². The fraction of sp³-hybridized carbons (Fsp3) is 0.267. The van der Waals surface area contributed by atoms with Crippen LogP contribution in [0.4, 0.5) is 16.7 Å². The van der Waals surface area contributed by atoms with Crippen LogP contribution in [-0.2, 0) is 10.0 Å². The van der Waals surface area contributed by atoms with E-state index >= 15 is 0 Å². The highest BCUT2D eigenvalue weighted by atomic mass is 35.5. The highest BCUT2D eigenvalue weighted by Gasteiger charge is 2.21. The van der Waals surface area contributed by atoms with E-state index in [0.717, 1.165) is 5.56 Å². The molecule has 0 saturated heterocycles. The molecule has 142 valence electrons. The van der Waals surface area contributed by atoms with Crippen molar-refractivity contribution in [2.75, 3.05) is 10.6 Å². The largest absolute Gasteiger partial charge is 0.336 e. The zero-order chi connectivity index (χ0) is 20.2. The predicted molar refractivity (Wildman–Crippen MR) is 98.7 cm³/mol. The number of hydrogen-bond donors (Lipinski definition) is 3. The number of halogens is 1. The summed E-state index contributed by atoms with van der Waals surface area (Å²) in [6.07, 6.45) is 0. The molecule has 1 aromatic heterocycles. The normalized spacial score (nSPS) is 11.4. The molecule has 10 nitrogen and oxygen atoms in total. The van der Waals surface area contributed by atoms with Gasteiger partial charge in [0.05, 0.1) is 11.0 Å². The van der Waals surface area contributed by atoms with E-state index in [9.17, 15) is 13.2 Å². The quantitative estimate of drug-likeness (QED) is 0.678. The van der Waals surface area contributed by atoms with Crippen LogP contribution in [0.3, 0.4) is 0 Å². The molecule has 0 aliphatic heterocycles. The number of hydrogen-bond acceptors (Lipinski definition) is 8. The second-order valence-corrected chi connectivity index (χ2v) is 8.01. The number of carbonyl (C=O) groups excluding carboxylic acids is 1. The average Bonchev–Trinajstić information content (AvgIpc) is 2.53. The Morgan fingerprint density at radius 2 is 1.74 bits per heavy atom. The van der Waals surface area contributed by atoms with Gasteiger partial charge in [-0.3, -0.25) is 5.32 Å². The zero-order valence-corrected chi connectivity index (χ0v) is 16.2. The minimum Gasteiger partial charge on any atom is -0.336 e. The summed E-state index contributed by atoms with van der Waals surface area (Å²) in [5.74, 6) is -0.346. The van der Waals surface area contributed by atoms with E-state index < -0.39 is 21.6 Å². The standard InChI is InChI=1S/C15H16ClN7O3S/c1-9-4-6-10(7-5-9)27(25,26)23-14(24)21-12-18-11(16)19-13(20-12)22-15(2,3)8-17/h4-7H,1-3H3,(H3,18,19,20,21,22,23,24). The van der Waals surface area contributed by atoms with E-state index in [1.807, 2.05) is 10.8 Å². The number of rotatable bonds is 5. The van der Waals surface area contributed by atoms with Crippen LogP contribution in [0.2, 0.25) is 5.28 Å². The Morgan fingerprint density at radius 3 is 2.33 bits per heavy atom. The molecule has 1 aromatic carbocycles. The number of aryl methyl sites for hydroxylation is 1. The molecule has 12 heteroatoms. The van der Waals surface area contributed by atoms with Crippen molar-refractivity contribution < 1.29 is 13.2 Å². The van der Waals surface area contributed by atoms with Gasteiger partial charge in [-0.05, 0) is 44.5 Å². The zero-order valence-electron chi connectivity index (χ0n) is 14.6. The average molecular weight is 410 g/mol. The Labute approximate surface area is 161 Å². The molecule has 0 bridgehead atoms. The molecule has 2 amide bonds. The molecule has 0 unspecified atom stereocenters. The van der Waals surface area contributed by atoms with Crippen molar-refractivity contribution in [3.8, 4) is 6.07 Å². The van der Waals surface area contributed by atoms with Gasteiger partial charge < -0.3 is 5.32 Å². The van der Waals surface area contributed by atoms with E-state index in [1.165, 1.54) is 12.1 Å². The number of anilines is 2. The summed E-state index contributed by atoms with van der Waals surface area (Å²) >= 11 is 5.77. The van der Waals surface area contributed by atoms with Gasteiger partial charge in [0.15, 0.2) is 0 Å². The number of carbonyl (C=O) groups is 1. The third-order valence-electron chi connectivity index (χ3n) is 3.10. The van der Waals surface area contributed by atoms with Gasteiger partial charge in [-0.2, -0.15) is 20.2 Å². The lowest BCUT2D eigenvalue weighted by atomic mass is 10.1. The summed E-state index contributed by atoms with van der Waals surface area (Å²) in [4.78, 5) is 23.3. The summed E-state index contributed by atoms with van der Waals surface area (Å²) in [5.41, 5.74) is -0.127. The van der Waals surface area contributed by atoms with Crippen molar-refractivity contribution in [1.82, 2.24) is 19.7 Å². The van der Waals surface area contributed by atoms with Gasteiger partial charge in [-0.15, -0.1) is 0 Å². The minimum absolute atomic E-state index is 0.0572. The summed E-state index contributed by atoms with van der Waals surface area (Å²) in [6, 6.07) is 6.86. The van der Waals surface area contributed by atoms with Crippen molar-refractivity contribution in [3.63, 3.8) is 0 Å². The van der Waals surface area contributed by atoms with Crippen LogP contribution in [-0.4, -0.2) is 34.9 Å². The van der Waals surface area contributed by atoms with Crippen LogP contribution < -0.4 is 15.4 Å². The van der Waals surface area contributed by atoms with Gasteiger partial charge in [0.2, 0.25) is 17.2 Å². The molecule has 0 atom stereocenters. The molecule has 2 rings (SSSR count). The number of urea groups is 1. The van der Waals surface area contributed by atoms with Crippen LogP contribution in [0, 0.1) is 18.3 Å². The number of benzene rings is 1. The Hall–Kier alpha value is -2.97. The first kappa shape index (κ1) is 20.3. The molecule has 0 aliphatic rings. The number of nitrogens with zero attached hydrogens (tertiary/aromatic N) is 4. The van der Waals surface area contributed by atoms with E-state index in [2.05, 4.69) is 25.6 Å². The Bertz CT molecular complexity index is 1000. The van der Waals surface area contributed by atoms with Crippen molar-refractivity contribution in [2.45, 2.75) is 31.2 Å². The van der Waals surface area contributed by atoms with Gasteiger partial charge in [0.25, 0.3) is 10.0 Å². The van der Waals surface area contributed by atoms with Gasteiger partial charge in [-0.1, -0.05) is 17.7 Å². The maximum Gasteiger partial charge on any atom is 0.335 e. The summed E-state index contributed by atoms with van der Waals surface area (Å²) in [6.45, 7) is 4.97. The number of nitrogens with one attached hydrogen (secondary N) is 3. The third-order valence-corrected chi connectivity index (χ3v) is 4.61. The Kier molecular flexibility index (Phi) is 5.82. The van der Waals surface area contributed by atoms with Crippen LogP contribution in [0.5, 0.6) is 0 Å². The third kappa shape index (κ3) is 5.77. The fourth-order valence-corrected chi connectivity index (χ4v) is 2.86. The summed E-state index contributed by atoms with van der Waals surface area (Å²) in [7, 11) is -4.07. The van der Waals surface area contributed by atoms with E-state index in [-0.39, 0.29) is 22.1 Å². The molecular weight excluding hydrogens is 394 g/mol.